The van der Waals surface area contributed by atoms with Crippen molar-refractivity contribution in [3.8, 4) is 6.07 Å². The highest BCUT2D eigenvalue weighted by Gasteiger charge is 2.32. The Morgan fingerprint density at radius 3 is 1.61 bits per heavy atom. The lowest BCUT2D eigenvalue weighted by molar-refractivity contribution is -0.124. The third-order valence-electron chi connectivity index (χ3n) is 6.08. The average molecular weight is 447 g/mol. The summed E-state index contributed by atoms with van der Waals surface area (Å²) in [7, 11) is 0. The van der Waals surface area contributed by atoms with E-state index in [0.717, 1.165) is 16.7 Å². The van der Waals surface area contributed by atoms with E-state index in [2.05, 4.69) is 11.0 Å². The smallest absolute Gasteiger partial charge is 0.239 e. The summed E-state index contributed by atoms with van der Waals surface area (Å²) in [4.78, 5) is 16.6. The van der Waals surface area contributed by atoms with E-state index in [1.807, 2.05) is 4.90 Å². The van der Waals surface area contributed by atoms with Crippen molar-refractivity contribution in [1.29, 1.82) is 5.26 Å². The summed E-state index contributed by atoms with van der Waals surface area (Å²) < 4.78 is 27.1. The second-order valence-corrected chi connectivity index (χ2v) is 8.12. The third kappa shape index (κ3) is 5.08. The molecule has 5 nitrogen and oxygen atoms in total. The van der Waals surface area contributed by atoms with Crippen LogP contribution in [0.3, 0.4) is 0 Å². The van der Waals surface area contributed by atoms with Crippen LogP contribution in [0.1, 0.15) is 34.3 Å². The fourth-order valence-electron chi connectivity index (χ4n) is 4.45. The van der Waals surface area contributed by atoms with Gasteiger partial charge in [-0.05, 0) is 53.1 Å². The SMILES string of the molecule is N#Cc1ccc(C(C(N)=O)N2CCN(C(c3ccc(F)cc3)c3ccc(F)cc3)CC2)cc1. The van der Waals surface area contributed by atoms with Crippen molar-refractivity contribution in [1.82, 2.24) is 9.80 Å². The van der Waals surface area contributed by atoms with Gasteiger partial charge >= 0.3 is 0 Å². The molecule has 33 heavy (non-hydrogen) atoms. The molecular weight excluding hydrogens is 422 g/mol. The molecule has 0 aromatic heterocycles. The standard InChI is InChI=1S/C26H24F2N4O/c27-22-9-5-19(6-10-22)24(20-7-11-23(28)12-8-20)31-13-15-32(16-14-31)25(26(30)33)21-3-1-18(17-29)2-4-21/h1-12,24-25H,13-16H2,(H2,30,33). The summed E-state index contributed by atoms with van der Waals surface area (Å²) in [6.07, 6.45) is 0. The molecule has 3 aromatic rings. The van der Waals surface area contributed by atoms with Crippen LogP contribution in [0.4, 0.5) is 8.78 Å². The van der Waals surface area contributed by atoms with Gasteiger partial charge in [-0.1, -0.05) is 36.4 Å². The first-order valence-corrected chi connectivity index (χ1v) is 10.7. The van der Waals surface area contributed by atoms with Gasteiger partial charge in [-0.25, -0.2) is 8.78 Å². The lowest BCUT2D eigenvalue weighted by Crippen LogP contribution is -2.51. The van der Waals surface area contributed by atoms with Gasteiger partial charge in [0, 0.05) is 26.2 Å². The number of nitriles is 1. The first-order valence-electron chi connectivity index (χ1n) is 10.7. The van der Waals surface area contributed by atoms with Crippen LogP contribution in [0.2, 0.25) is 0 Å². The van der Waals surface area contributed by atoms with Crippen LogP contribution in [0.15, 0.2) is 72.8 Å². The van der Waals surface area contributed by atoms with Gasteiger partial charge in [0.05, 0.1) is 17.7 Å². The molecule has 1 saturated heterocycles. The minimum absolute atomic E-state index is 0.171. The van der Waals surface area contributed by atoms with E-state index >= 15 is 0 Å². The van der Waals surface area contributed by atoms with Gasteiger partial charge in [0.2, 0.25) is 5.91 Å². The van der Waals surface area contributed by atoms with Gasteiger partial charge in [-0.3, -0.25) is 14.6 Å². The van der Waals surface area contributed by atoms with Crippen molar-refractivity contribution >= 4 is 5.91 Å². The van der Waals surface area contributed by atoms with Gasteiger partial charge in [0.25, 0.3) is 0 Å². The van der Waals surface area contributed by atoms with E-state index < -0.39 is 11.9 Å². The lowest BCUT2D eigenvalue weighted by atomic mass is 9.95. The maximum absolute atomic E-state index is 13.5. The number of nitrogens with two attached hydrogens (primary N) is 1. The van der Waals surface area contributed by atoms with Gasteiger partial charge in [0.1, 0.15) is 17.7 Å². The summed E-state index contributed by atoms with van der Waals surface area (Å²) in [6.45, 7) is 2.46. The number of carbonyl (C=O) groups is 1. The van der Waals surface area contributed by atoms with Crippen LogP contribution in [0.25, 0.3) is 0 Å². The zero-order valence-electron chi connectivity index (χ0n) is 18.0. The van der Waals surface area contributed by atoms with Crippen molar-refractivity contribution < 1.29 is 13.6 Å². The Bertz CT molecular complexity index is 1090. The van der Waals surface area contributed by atoms with Crippen molar-refractivity contribution in [2.75, 3.05) is 26.2 Å². The number of benzene rings is 3. The van der Waals surface area contributed by atoms with E-state index in [0.29, 0.717) is 31.7 Å². The zero-order chi connectivity index (χ0) is 23.4. The first-order chi connectivity index (χ1) is 16.0. The van der Waals surface area contributed by atoms with Crippen molar-refractivity contribution in [3.63, 3.8) is 0 Å². The molecule has 4 rings (SSSR count). The number of hydrogen-bond acceptors (Lipinski definition) is 4. The summed E-state index contributed by atoms with van der Waals surface area (Å²) in [5, 5.41) is 9.03. The van der Waals surface area contributed by atoms with E-state index in [1.54, 1.807) is 48.5 Å². The molecule has 1 fully saturated rings. The third-order valence-corrected chi connectivity index (χ3v) is 6.08. The number of halogens is 2. The molecule has 1 heterocycles. The van der Waals surface area contributed by atoms with Crippen LogP contribution < -0.4 is 5.73 Å². The molecule has 168 valence electrons. The van der Waals surface area contributed by atoms with E-state index in [-0.39, 0.29) is 17.7 Å². The fourth-order valence-corrected chi connectivity index (χ4v) is 4.45. The largest absolute Gasteiger partial charge is 0.368 e. The fraction of sp³-hybridized carbons (Fsp3) is 0.231. The Morgan fingerprint density at radius 2 is 1.18 bits per heavy atom. The summed E-state index contributed by atoms with van der Waals surface area (Å²) in [6, 6.07) is 20.9. The second-order valence-electron chi connectivity index (χ2n) is 8.12. The number of nitrogens with zero attached hydrogens (tertiary/aromatic N) is 3. The predicted octanol–water partition coefficient (Wildman–Crippen LogP) is 3.77. The van der Waals surface area contributed by atoms with Gasteiger partial charge in [-0.15, -0.1) is 0 Å². The van der Waals surface area contributed by atoms with Crippen molar-refractivity contribution in [3.05, 3.63) is 107 Å². The quantitative estimate of drug-likeness (QED) is 0.626. The van der Waals surface area contributed by atoms with Crippen molar-refractivity contribution in [2.24, 2.45) is 5.73 Å². The predicted molar refractivity (Wildman–Crippen MR) is 121 cm³/mol. The zero-order valence-corrected chi connectivity index (χ0v) is 18.0. The first kappa shape index (κ1) is 22.6. The number of hydrogen-bond donors (Lipinski definition) is 1. The molecule has 1 amide bonds. The highest BCUT2D eigenvalue weighted by molar-refractivity contribution is 5.81. The monoisotopic (exact) mass is 446 g/mol. The van der Waals surface area contributed by atoms with E-state index in [1.165, 1.54) is 24.3 Å². The average Bonchev–Trinajstić information content (AvgIpc) is 2.83. The lowest BCUT2D eigenvalue weighted by Gasteiger charge is -2.42. The molecule has 0 spiro atoms. The molecule has 1 aliphatic heterocycles. The molecule has 0 bridgehead atoms. The summed E-state index contributed by atoms with van der Waals surface area (Å²) >= 11 is 0. The van der Waals surface area contributed by atoms with Gasteiger partial charge in [-0.2, -0.15) is 5.26 Å². The van der Waals surface area contributed by atoms with Crippen LogP contribution in [-0.2, 0) is 4.79 Å². The molecular formula is C26H24F2N4O. The molecule has 0 saturated carbocycles. The molecule has 1 unspecified atom stereocenters. The molecule has 0 radical (unpaired) electrons. The number of carbonyl (C=O) groups excluding carboxylic acids is 1. The molecule has 1 atom stereocenters. The molecule has 7 heteroatoms. The van der Waals surface area contributed by atoms with Gasteiger partial charge < -0.3 is 5.73 Å². The highest BCUT2D eigenvalue weighted by atomic mass is 19.1. The molecule has 2 N–H and O–H groups in total. The van der Waals surface area contributed by atoms with Crippen LogP contribution in [0, 0.1) is 23.0 Å². The van der Waals surface area contributed by atoms with Crippen LogP contribution in [0.5, 0.6) is 0 Å². The van der Waals surface area contributed by atoms with E-state index in [4.69, 9.17) is 11.0 Å². The maximum atomic E-state index is 13.5. The second kappa shape index (κ2) is 9.90. The number of rotatable bonds is 6. The number of primary amides is 1. The van der Waals surface area contributed by atoms with Crippen LogP contribution in [-0.4, -0.2) is 41.9 Å². The Hall–Kier alpha value is -3.60. The Morgan fingerprint density at radius 1 is 0.758 bits per heavy atom. The topological polar surface area (TPSA) is 73.4 Å². The van der Waals surface area contributed by atoms with E-state index in [9.17, 15) is 13.6 Å². The van der Waals surface area contributed by atoms with Crippen molar-refractivity contribution in [2.45, 2.75) is 12.1 Å². The minimum atomic E-state index is -0.588. The summed E-state index contributed by atoms with van der Waals surface area (Å²) in [5.41, 5.74) is 8.84. The molecule has 1 aliphatic rings. The van der Waals surface area contributed by atoms with Gasteiger partial charge in [0.15, 0.2) is 0 Å². The summed E-state index contributed by atoms with van der Waals surface area (Å²) in [5.74, 6) is -1.07. The Kier molecular flexibility index (Phi) is 6.78. The number of amides is 1. The van der Waals surface area contributed by atoms with Crippen LogP contribution >= 0.6 is 0 Å². The normalized spacial score (nSPS) is 15.8. The molecule has 3 aromatic carbocycles. The Labute approximate surface area is 191 Å². The maximum Gasteiger partial charge on any atom is 0.239 e. The highest BCUT2D eigenvalue weighted by Crippen LogP contribution is 2.31. The number of piperazine rings is 1. The minimum Gasteiger partial charge on any atom is -0.368 e. The Balaban J connectivity index is 1.56. The molecule has 0 aliphatic carbocycles.